The summed E-state index contributed by atoms with van der Waals surface area (Å²) in [6.07, 6.45) is 6.66. The number of carbonyl (C=O) groups is 2. The second-order valence-corrected chi connectivity index (χ2v) is 7.26. The number of nitrogens with two attached hydrogens (primary N) is 1. The summed E-state index contributed by atoms with van der Waals surface area (Å²) in [4.78, 5) is 35.7. The molecule has 1 fully saturated rings. The van der Waals surface area contributed by atoms with Crippen LogP contribution in [-0.2, 0) is 11.3 Å². The fourth-order valence-corrected chi connectivity index (χ4v) is 3.72. The van der Waals surface area contributed by atoms with Crippen LogP contribution in [0.15, 0.2) is 23.1 Å². The lowest BCUT2D eigenvalue weighted by Gasteiger charge is -2.24. The lowest BCUT2D eigenvalue weighted by atomic mass is 9.95. The van der Waals surface area contributed by atoms with Gasteiger partial charge in [0.1, 0.15) is 17.9 Å². The number of hydrogen-bond donors (Lipinski definition) is 4. The van der Waals surface area contributed by atoms with Gasteiger partial charge in [-0.2, -0.15) is 0 Å². The summed E-state index contributed by atoms with van der Waals surface area (Å²) < 4.78 is 16.4. The van der Waals surface area contributed by atoms with E-state index >= 15 is 0 Å². The Labute approximate surface area is 179 Å². The van der Waals surface area contributed by atoms with Gasteiger partial charge in [0, 0.05) is 30.7 Å². The van der Waals surface area contributed by atoms with Gasteiger partial charge in [-0.1, -0.05) is 19.3 Å². The second-order valence-electron chi connectivity index (χ2n) is 7.26. The maximum absolute atomic E-state index is 14.7. The molecular formula is C20H26ClFN4O4. The first-order chi connectivity index (χ1) is 13.9. The van der Waals surface area contributed by atoms with Crippen molar-refractivity contribution in [2.75, 3.05) is 18.4 Å². The summed E-state index contributed by atoms with van der Waals surface area (Å²) in [5.41, 5.74) is 5.55. The molecule has 0 spiro atoms. The van der Waals surface area contributed by atoms with E-state index < -0.39 is 29.7 Å². The average molecular weight is 441 g/mol. The molecule has 3 rings (SSSR count). The van der Waals surface area contributed by atoms with Gasteiger partial charge >= 0.3 is 5.97 Å². The summed E-state index contributed by atoms with van der Waals surface area (Å²) >= 11 is 0. The van der Waals surface area contributed by atoms with E-state index in [2.05, 4.69) is 10.6 Å². The summed E-state index contributed by atoms with van der Waals surface area (Å²) in [6, 6.07) is 2.89. The molecule has 1 saturated carbocycles. The van der Waals surface area contributed by atoms with Crippen molar-refractivity contribution in [2.45, 2.75) is 44.7 Å². The van der Waals surface area contributed by atoms with Crippen LogP contribution in [0, 0.1) is 5.82 Å². The number of benzene rings is 1. The number of carbonyl (C=O) groups excluding carboxylic acids is 1. The minimum absolute atomic E-state index is 0. The molecule has 8 nitrogen and oxygen atoms in total. The van der Waals surface area contributed by atoms with Crippen molar-refractivity contribution < 1.29 is 19.1 Å². The highest BCUT2D eigenvalue weighted by molar-refractivity contribution is 5.98. The number of carboxylic acid groups (broad SMARTS) is 1. The fraction of sp³-hybridized carbons (Fsp3) is 0.450. The van der Waals surface area contributed by atoms with Crippen molar-refractivity contribution in [3.63, 3.8) is 0 Å². The number of amides is 1. The minimum Gasteiger partial charge on any atom is -0.480 e. The number of pyridine rings is 1. The lowest BCUT2D eigenvalue weighted by Crippen LogP contribution is -2.33. The van der Waals surface area contributed by atoms with Crippen LogP contribution in [0.3, 0.4) is 0 Å². The van der Waals surface area contributed by atoms with Crippen LogP contribution in [0.2, 0.25) is 0 Å². The maximum Gasteiger partial charge on any atom is 0.322 e. The number of nitrogens with one attached hydrogen (secondary N) is 2. The number of carboxylic acids is 1. The zero-order chi connectivity index (χ0) is 21.0. The monoisotopic (exact) mass is 440 g/mol. The molecule has 30 heavy (non-hydrogen) atoms. The third kappa shape index (κ3) is 5.28. The number of aromatic nitrogens is 1. The molecule has 0 radical (unpaired) electrons. The van der Waals surface area contributed by atoms with E-state index in [-0.39, 0.29) is 35.9 Å². The summed E-state index contributed by atoms with van der Waals surface area (Å²) in [5.74, 6) is -2.62. The third-order valence-electron chi connectivity index (χ3n) is 5.15. The Morgan fingerprint density at radius 1 is 1.23 bits per heavy atom. The van der Waals surface area contributed by atoms with E-state index in [1.54, 1.807) is 10.6 Å². The number of halogens is 2. The molecule has 1 aliphatic rings. The Bertz CT molecular complexity index is 989. The quantitative estimate of drug-likeness (QED) is 0.522. The van der Waals surface area contributed by atoms with Crippen LogP contribution in [0.4, 0.5) is 10.1 Å². The molecule has 0 saturated heterocycles. The molecule has 1 aromatic heterocycles. The minimum atomic E-state index is -1.23. The van der Waals surface area contributed by atoms with E-state index in [9.17, 15) is 18.8 Å². The second kappa shape index (κ2) is 10.4. The van der Waals surface area contributed by atoms with Gasteiger partial charge in [0.05, 0.1) is 11.2 Å². The number of aliphatic carboxylic acids is 1. The zero-order valence-corrected chi connectivity index (χ0v) is 17.3. The summed E-state index contributed by atoms with van der Waals surface area (Å²) in [6.45, 7) is -0.0623. The van der Waals surface area contributed by atoms with Gasteiger partial charge in [-0.05, 0) is 25.0 Å². The first kappa shape index (κ1) is 23.6. The number of anilines is 1. The predicted molar refractivity (Wildman–Crippen MR) is 115 cm³/mol. The molecule has 0 bridgehead atoms. The van der Waals surface area contributed by atoms with Crippen LogP contribution in [0.25, 0.3) is 10.9 Å². The zero-order valence-electron chi connectivity index (χ0n) is 16.4. The normalized spacial score (nSPS) is 14.2. The highest BCUT2D eigenvalue weighted by atomic mass is 35.5. The number of nitrogens with zero attached hydrogens (tertiary/aromatic N) is 1. The third-order valence-corrected chi connectivity index (χ3v) is 5.15. The summed E-state index contributed by atoms with van der Waals surface area (Å²) in [7, 11) is 0. The van der Waals surface area contributed by atoms with Gasteiger partial charge in [-0.15, -0.1) is 12.4 Å². The van der Waals surface area contributed by atoms with Gasteiger partial charge < -0.3 is 26.0 Å². The van der Waals surface area contributed by atoms with Crippen LogP contribution in [-0.4, -0.2) is 40.7 Å². The van der Waals surface area contributed by atoms with Gasteiger partial charge in [0.15, 0.2) is 0 Å². The Morgan fingerprint density at radius 2 is 1.93 bits per heavy atom. The molecular weight excluding hydrogens is 415 g/mol. The molecule has 0 unspecified atom stereocenters. The van der Waals surface area contributed by atoms with Gasteiger partial charge in [-0.3, -0.25) is 14.4 Å². The standard InChI is InChI=1S/C20H25FN4O4.ClH/c21-15-8-13-17(9-16(15)24-12-4-2-1-3-5-12)25(7-6-22)11-14(19(13)28)20(29)23-10-18(26)27;/h8-9,11-12,24H,1-7,10,22H2,(H,23,29)(H,26,27);1H. The van der Waals surface area contributed by atoms with Crippen molar-refractivity contribution in [1.82, 2.24) is 9.88 Å². The van der Waals surface area contributed by atoms with Crippen molar-refractivity contribution in [2.24, 2.45) is 5.73 Å². The lowest BCUT2D eigenvalue weighted by molar-refractivity contribution is -0.135. The van der Waals surface area contributed by atoms with Crippen molar-refractivity contribution >= 4 is 40.9 Å². The van der Waals surface area contributed by atoms with Gasteiger partial charge in [0.2, 0.25) is 5.43 Å². The molecule has 1 aliphatic carbocycles. The topological polar surface area (TPSA) is 126 Å². The fourth-order valence-electron chi connectivity index (χ4n) is 3.72. The van der Waals surface area contributed by atoms with Crippen LogP contribution in [0.5, 0.6) is 0 Å². The van der Waals surface area contributed by atoms with E-state index in [0.717, 1.165) is 31.7 Å². The molecule has 5 N–H and O–H groups in total. The van der Waals surface area contributed by atoms with Crippen molar-refractivity contribution in [1.29, 1.82) is 0 Å². The van der Waals surface area contributed by atoms with E-state index in [1.807, 2.05) is 0 Å². The number of fused-ring (bicyclic) bond motifs is 1. The first-order valence-corrected chi connectivity index (χ1v) is 9.74. The molecule has 10 heteroatoms. The SMILES string of the molecule is Cl.NCCn1cc(C(=O)NCC(=O)O)c(=O)c2cc(F)c(NC3CCCCC3)cc21. The molecule has 2 aromatic rings. The highest BCUT2D eigenvalue weighted by Crippen LogP contribution is 2.26. The van der Waals surface area contributed by atoms with E-state index in [1.165, 1.54) is 12.6 Å². The van der Waals surface area contributed by atoms with E-state index in [4.69, 9.17) is 10.8 Å². The number of hydrogen-bond acceptors (Lipinski definition) is 5. The maximum atomic E-state index is 14.7. The van der Waals surface area contributed by atoms with Crippen molar-refractivity contribution in [3.05, 3.63) is 39.9 Å². The molecule has 1 amide bonds. The highest BCUT2D eigenvalue weighted by Gasteiger charge is 2.20. The van der Waals surface area contributed by atoms with Crippen molar-refractivity contribution in [3.8, 4) is 0 Å². The van der Waals surface area contributed by atoms with E-state index in [0.29, 0.717) is 17.7 Å². The summed E-state index contributed by atoms with van der Waals surface area (Å²) in [5, 5.41) is 14.2. The Balaban J connectivity index is 0.00000320. The van der Waals surface area contributed by atoms with Gasteiger partial charge in [0.25, 0.3) is 5.91 Å². The smallest absolute Gasteiger partial charge is 0.322 e. The molecule has 1 aromatic carbocycles. The Hall–Kier alpha value is -2.65. The van der Waals surface area contributed by atoms with Crippen LogP contribution < -0.4 is 21.8 Å². The Morgan fingerprint density at radius 3 is 2.57 bits per heavy atom. The first-order valence-electron chi connectivity index (χ1n) is 9.74. The molecule has 1 heterocycles. The average Bonchev–Trinajstić information content (AvgIpc) is 2.70. The van der Waals surface area contributed by atoms with Crippen LogP contribution >= 0.6 is 12.4 Å². The Kier molecular flexibility index (Phi) is 8.19. The molecule has 164 valence electrons. The number of rotatable bonds is 7. The van der Waals surface area contributed by atoms with Gasteiger partial charge in [-0.25, -0.2) is 4.39 Å². The van der Waals surface area contributed by atoms with Crippen LogP contribution in [0.1, 0.15) is 42.5 Å². The largest absolute Gasteiger partial charge is 0.480 e. The predicted octanol–water partition coefficient (Wildman–Crippen LogP) is 2.08. The molecule has 0 aliphatic heterocycles. The molecule has 0 atom stereocenters.